The number of thiazole rings is 1. The second-order valence-corrected chi connectivity index (χ2v) is 7.86. The molecule has 1 N–H and O–H groups in total. The van der Waals surface area contributed by atoms with E-state index in [1.807, 2.05) is 31.3 Å². The number of hydrogen-bond acceptors (Lipinski definition) is 3. The van der Waals surface area contributed by atoms with Crippen LogP contribution in [0.15, 0.2) is 42.5 Å². The minimum Gasteiger partial charge on any atom is -0.334 e. The van der Waals surface area contributed by atoms with E-state index in [2.05, 4.69) is 4.98 Å². The summed E-state index contributed by atoms with van der Waals surface area (Å²) in [6.07, 6.45) is 0. The van der Waals surface area contributed by atoms with E-state index < -0.39 is 0 Å². The summed E-state index contributed by atoms with van der Waals surface area (Å²) in [4.78, 5) is 19.6. The van der Waals surface area contributed by atoms with Gasteiger partial charge in [-0.15, -0.1) is 11.3 Å². The highest BCUT2D eigenvalue weighted by atomic mass is 35.5. The smallest absolute Gasteiger partial charge is 0.277 e. The normalized spacial score (nSPS) is 12.3. The van der Waals surface area contributed by atoms with E-state index in [1.165, 1.54) is 6.07 Å². The summed E-state index contributed by atoms with van der Waals surface area (Å²) >= 11 is 7.65. The molecule has 0 saturated heterocycles. The third-order valence-electron chi connectivity index (χ3n) is 4.13. The summed E-state index contributed by atoms with van der Waals surface area (Å²) < 4.78 is 15.0. The average molecular weight is 393 g/mol. The number of nitrogens with zero attached hydrogens (tertiary/aromatic N) is 2. The number of hydrogen-bond donors (Lipinski definition) is 1. The monoisotopic (exact) mass is 392 g/mol. The number of para-hydroxylation sites is 1. The number of fused-ring (bicyclic) bond motifs is 1. The van der Waals surface area contributed by atoms with Gasteiger partial charge in [0, 0.05) is 7.05 Å². The predicted molar refractivity (Wildman–Crippen MR) is 103 cm³/mol. The maximum absolute atomic E-state index is 13.9. The zero-order valence-electron chi connectivity index (χ0n) is 14.6. The minimum atomic E-state index is -0.341. The van der Waals surface area contributed by atoms with Gasteiger partial charge in [-0.25, -0.2) is 9.37 Å². The zero-order chi connectivity index (χ0) is 18.7. The topological polar surface area (TPSA) is 37.6 Å². The van der Waals surface area contributed by atoms with Crippen LogP contribution in [0.4, 0.5) is 4.39 Å². The summed E-state index contributed by atoms with van der Waals surface area (Å²) in [5, 5.41) is 1.29. The lowest BCUT2D eigenvalue weighted by Gasteiger charge is -2.19. The quantitative estimate of drug-likeness (QED) is 0.700. The Hall–Kier alpha value is -2.02. The molecule has 26 heavy (non-hydrogen) atoms. The van der Waals surface area contributed by atoms with E-state index in [9.17, 15) is 9.18 Å². The number of nitrogens with one attached hydrogen (secondary N) is 1. The summed E-state index contributed by atoms with van der Waals surface area (Å²) in [6.45, 7) is 1.07. The van der Waals surface area contributed by atoms with Crippen molar-refractivity contribution in [3.05, 3.63) is 63.9 Å². The molecule has 0 aliphatic heterocycles. The first-order chi connectivity index (χ1) is 12.4. The van der Waals surface area contributed by atoms with Gasteiger partial charge < -0.3 is 9.80 Å². The van der Waals surface area contributed by atoms with E-state index in [1.54, 1.807) is 35.4 Å². The summed E-state index contributed by atoms with van der Waals surface area (Å²) in [5.74, 6) is -0.360. The highest BCUT2D eigenvalue weighted by molar-refractivity contribution is 7.18. The van der Waals surface area contributed by atoms with Crippen molar-refractivity contribution in [2.45, 2.75) is 13.1 Å². The van der Waals surface area contributed by atoms with Crippen molar-refractivity contribution in [3.63, 3.8) is 0 Å². The van der Waals surface area contributed by atoms with Crippen LogP contribution in [-0.4, -0.2) is 36.4 Å². The summed E-state index contributed by atoms with van der Waals surface area (Å²) in [5.41, 5.74) is 1.39. The first-order valence-electron chi connectivity index (χ1n) is 8.26. The molecule has 0 aliphatic rings. The maximum Gasteiger partial charge on any atom is 0.277 e. The van der Waals surface area contributed by atoms with Crippen LogP contribution < -0.4 is 4.90 Å². The average Bonchev–Trinajstić information content (AvgIpc) is 3.00. The molecule has 0 bridgehead atoms. The molecule has 1 amide bonds. The van der Waals surface area contributed by atoms with E-state index in [0.717, 1.165) is 20.1 Å². The first kappa shape index (κ1) is 18.8. The number of rotatable bonds is 6. The van der Waals surface area contributed by atoms with Crippen LogP contribution in [0.2, 0.25) is 5.02 Å². The Kier molecular flexibility index (Phi) is 5.86. The van der Waals surface area contributed by atoms with Crippen LogP contribution in [0.5, 0.6) is 0 Å². The second kappa shape index (κ2) is 8.12. The molecule has 1 atom stereocenters. The number of amides is 1. The predicted octanol–water partition coefficient (Wildman–Crippen LogP) is 2.76. The third kappa shape index (κ3) is 4.38. The number of aromatic nitrogens is 1. The van der Waals surface area contributed by atoms with E-state index in [-0.39, 0.29) is 18.3 Å². The lowest BCUT2D eigenvalue weighted by molar-refractivity contribution is -0.885. The number of halogens is 2. The Morgan fingerprint density at radius 3 is 2.77 bits per heavy atom. The van der Waals surface area contributed by atoms with Crippen molar-refractivity contribution in [1.82, 2.24) is 9.88 Å². The molecule has 2 aromatic carbocycles. The molecule has 0 spiro atoms. The van der Waals surface area contributed by atoms with Crippen molar-refractivity contribution >= 4 is 39.1 Å². The van der Waals surface area contributed by atoms with Crippen LogP contribution in [0.1, 0.15) is 10.6 Å². The van der Waals surface area contributed by atoms with Gasteiger partial charge in [0.15, 0.2) is 6.54 Å². The third-order valence-corrected chi connectivity index (χ3v) is 5.50. The SMILES string of the molecule is CN(Cc1nc2ccccc2s1)C(=O)C[NH+](C)Cc1c(F)cccc1Cl. The largest absolute Gasteiger partial charge is 0.334 e. The molecule has 3 rings (SSSR count). The fourth-order valence-electron chi connectivity index (χ4n) is 2.74. The molecular formula is C19H20ClFN3OS+. The van der Waals surface area contributed by atoms with Crippen LogP contribution in [0, 0.1) is 5.82 Å². The van der Waals surface area contributed by atoms with E-state index in [4.69, 9.17) is 11.6 Å². The maximum atomic E-state index is 13.9. The zero-order valence-corrected chi connectivity index (χ0v) is 16.2. The number of quaternary nitrogens is 1. The summed E-state index contributed by atoms with van der Waals surface area (Å²) in [7, 11) is 3.62. The van der Waals surface area contributed by atoms with Gasteiger partial charge >= 0.3 is 0 Å². The molecule has 1 aromatic heterocycles. The molecule has 0 radical (unpaired) electrons. The van der Waals surface area contributed by atoms with Crippen LogP contribution >= 0.6 is 22.9 Å². The lowest BCUT2D eigenvalue weighted by atomic mass is 10.2. The molecule has 0 aliphatic carbocycles. The standard InChI is InChI=1S/C19H19ClFN3OS/c1-23(10-13-14(20)6-5-7-15(13)21)12-19(25)24(2)11-18-22-16-8-3-4-9-17(16)26-18/h3-9H,10-12H2,1-2H3/p+1. The van der Waals surface area contributed by atoms with Gasteiger partial charge in [-0.3, -0.25) is 4.79 Å². The van der Waals surface area contributed by atoms with Crippen molar-refractivity contribution in [1.29, 1.82) is 0 Å². The number of carbonyl (C=O) groups is 1. The highest BCUT2D eigenvalue weighted by Gasteiger charge is 2.19. The molecular weight excluding hydrogens is 373 g/mol. The molecule has 7 heteroatoms. The van der Waals surface area contributed by atoms with Gasteiger partial charge in [0.25, 0.3) is 5.91 Å². The van der Waals surface area contributed by atoms with Gasteiger partial charge in [0.1, 0.15) is 17.4 Å². The van der Waals surface area contributed by atoms with Crippen molar-refractivity contribution < 1.29 is 14.1 Å². The number of benzene rings is 2. The molecule has 0 fully saturated rings. The Morgan fingerprint density at radius 2 is 2.04 bits per heavy atom. The highest BCUT2D eigenvalue weighted by Crippen LogP contribution is 2.22. The molecule has 136 valence electrons. The van der Waals surface area contributed by atoms with Gasteiger partial charge in [0.2, 0.25) is 0 Å². The Bertz CT molecular complexity index is 877. The molecule has 3 aromatic rings. The number of likely N-dealkylation sites (N-methyl/N-ethyl adjacent to an activating group) is 2. The second-order valence-electron chi connectivity index (χ2n) is 6.34. The van der Waals surface area contributed by atoms with E-state index in [0.29, 0.717) is 23.7 Å². The Morgan fingerprint density at radius 1 is 1.27 bits per heavy atom. The fourth-order valence-corrected chi connectivity index (χ4v) is 3.99. The molecule has 4 nitrogen and oxygen atoms in total. The Labute approximate surface area is 160 Å². The van der Waals surface area contributed by atoms with Crippen LogP contribution in [0.3, 0.4) is 0 Å². The van der Waals surface area contributed by atoms with Gasteiger partial charge in [0.05, 0.1) is 34.4 Å². The number of carbonyl (C=O) groups excluding carboxylic acids is 1. The minimum absolute atomic E-state index is 0.0192. The Balaban J connectivity index is 1.59. The first-order valence-corrected chi connectivity index (χ1v) is 9.46. The van der Waals surface area contributed by atoms with Crippen molar-refractivity contribution in [2.24, 2.45) is 0 Å². The lowest BCUT2D eigenvalue weighted by Crippen LogP contribution is -3.08. The van der Waals surface area contributed by atoms with E-state index >= 15 is 0 Å². The fraction of sp³-hybridized carbons (Fsp3) is 0.263. The van der Waals surface area contributed by atoms with Crippen LogP contribution in [0.25, 0.3) is 10.2 Å². The molecule has 0 saturated carbocycles. The van der Waals surface area contributed by atoms with Crippen molar-refractivity contribution in [3.8, 4) is 0 Å². The molecule has 1 unspecified atom stereocenters. The molecule has 1 heterocycles. The van der Waals surface area contributed by atoms with Gasteiger partial charge in [-0.05, 0) is 24.3 Å². The van der Waals surface area contributed by atoms with Gasteiger partial charge in [-0.2, -0.15) is 0 Å². The summed E-state index contributed by atoms with van der Waals surface area (Å²) in [6, 6.07) is 12.5. The van der Waals surface area contributed by atoms with Gasteiger partial charge in [-0.1, -0.05) is 29.8 Å². The van der Waals surface area contributed by atoms with Crippen LogP contribution in [-0.2, 0) is 17.9 Å². The van der Waals surface area contributed by atoms with Crippen molar-refractivity contribution in [2.75, 3.05) is 20.6 Å².